The number of aromatic nitrogens is 5. The van der Waals surface area contributed by atoms with Crippen molar-refractivity contribution in [2.75, 3.05) is 0 Å². The van der Waals surface area contributed by atoms with Gasteiger partial charge in [0.1, 0.15) is 6.54 Å². The van der Waals surface area contributed by atoms with E-state index in [1.807, 2.05) is 67.6 Å². The van der Waals surface area contributed by atoms with E-state index in [0.717, 1.165) is 15.7 Å². The summed E-state index contributed by atoms with van der Waals surface area (Å²) >= 11 is 0. The summed E-state index contributed by atoms with van der Waals surface area (Å²) in [5, 5.41) is 0. The van der Waals surface area contributed by atoms with Gasteiger partial charge < -0.3 is 9.30 Å². The van der Waals surface area contributed by atoms with Gasteiger partial charge in [-0.15, -0.1) is 0 Å². The number of rotatable bonds is 8. The Morgan fingerprint density at radius 1 is 0.892 bits per heavy atom. The molecule has 37 heavy (non-hydrogen) atoms. The first-order valence-electron chi connectivity index (χ1n) is 11.9. The Labute approximate surface area is 212 Å². The first kappa shape index (κ1) is 23.9. The lowest BCUT2D eigenvalue weighted by atomic mass is 10.1. The van der Waals surface area contributed by atoms with Crippen LogP contribution in [0.15, 0.2) is 101 Å². The largest absolute Gasteiger partial charge is 0.450 e. The van der Waals surface area contributed by atoms with Crippen molar-refractivity contribution in [1.82, 2.24) is 23.7 Å². The summed E-state index contributed by atoms with van der Waals surface area (Å²) in [4.78, 5) is 48.8. The van der Waals surface area contributed by atoms with Gasteiger partial charge in [0.15, 0.2) is 17.3 Å². The van der Waals surface area contributed by atoms with Gasteiger partial charge in [0.05, 0.1) is 18.6 Å². The van der Waals surface area contributed by atoms with Crippen LogP contribution in [0.5, 0.6) is 0 Å². The van der Waals surface area contributed by atoms with Gasteiger partial charge in [-0.2, -0.15) is 0 Å². The molecular formula is C28H25N5O4. The van der Waals surface area contributed by atoms with Gasteiger partial charge in [0.2, 0.25) is 0 Å². The molecule has 0 fully saturated rings. The Hall–Kier alpha value is -4.79. The number of pyridine rings is 1. The third-order valence-corrected chi connectivity index (χ3v) is 6.10. The minimum atomic E-state index is -0.790. The Bertz CT molecular complexity index is 1600. The highest BCUT2D eigenvalue weighted by Gasteiger charge is 2.24. The van der Waals surface area contributed by atoms with Crippen LogP contribution in [0.4, 0.5) is 0 Å². The van der Waals surface area contributed by atoms with Gasteiger partial charge in [0.25, 0.3) is 5.56 Å². The summed E-state index contributed by atoms with van der Waals surface area (Å²) < 4.78 is 9.82. The quantitative estimate of drug-likeness (QED) is 0.307. The number of benzene rings is 2. The molecular weight excluding hydrogens is 470 g/mol. The number of esters is 1. The molecule has 0 bridgehead atoms. The molecule has 0 radical (unpaired) electrons. The molecule has 5 aromatic rings. The molecule has 0 aliphatic carbocycles. The van der Waals surface area contributed by atoms with Crippen molar-refractivity contribution in [3.05, 3.63) is 129 Å². The highest BCUT2D eigenvalue weighted by molar-refractivity contribution is 5.73. The van der Waals surface area contributed by atoms with E-state index >= 15 is 0 Å². The van der Waals surface area contributed by atoms with E-state index in [2.05, 4.69) is 9.97 Å². The third kappa shape index (κ3) is 4.84. The maximum Gasteiger partial charge on any atom is 0.333 e. The Balaban J connectivity index is 1.54. The van der Waals surface area contributed by atoms with Crippen LogP contribution in [0, 0.1) is 0 Å². The standard InChI is InChI=1S/C28H25N5O4/c1-2-31-19-30-26-24(31)27(35)33(28(36)32(26)17-20-11-5-3-6-12-20)18-23(34)37-25(21-13-7-4-8-14-21)22-15-9-10-16-29-22/h3-16,19,25H,2,17-18H2,1H3/t25-/m0/s1. The second-order valence-corrected chi connectivity index (χ2v) is 8.48. The normalized spacial score (nSPS) is 11.9. The first-order valence-corrected chi connectivity index (χ1v) is 11.9. The molecule has 9 nitrogen and oxygen atoms in total. The van der Waals surface area contributed by atoms with Crippen molar-refractivity contribution < 1.29 is 9.53 Å². The molecule has 0 saturated carbocycles. The zero-order valence-corrected chi connectivity index (χ0v) is 20.2. The molecule has 5 rings (SSSR count). The molecule has 0 amide bonds. The predicted octanol–water partition coefficient (Wildman–Crippen LogP) is 3.16. The third-order valence-electron chi connectivity index (χ3n) is 6.10. The number of nitrogens with zero attached hydrogens (tertiary/aromatic N) is 5. The van der Waals surface area contributed by atoms with E-state index in [9.17, 15) is 14.4 Å². The zero-order chi connectivity index (χ0) is 25.8. The molecule has 2 aromatic carbocycles. The van der Waals surface area contributed by atoms with Crippen molar-refractivity contribution in [1.29, 1.82) is 0 Å². The average molecular weight is 496 g/mol. The second kappa shape index (κ2) is 10.4. The maximum atomic E-state index is 13.5. The number of hydrogen-bond acceptors (Lipinski definition) is 6. The van der Waals surface area contributed by atoms with E-state index in [1.165, 1.54) is 10.9 Å². The van der Waals surface area contributed by atoms with Gasteiger partial charge in [-0.25, -0.2) is 14.3 Å². The molecule has 0 aliphatic heterocycles. The van der Waals surface area contributed by atoms with Crippen molar-refractivity contribution >= 4 is 17.1 Å². The summed E-state index contributed by atoms with van der Waals surface area (Å²) in [6.07, 6.45) is 2.36. The minimum Gasteiger partial charge on any atom is -0.450 e. The summed E-state index contributed by atoms with van der Waals surface area (Å²) in [7, 11) is 0. The molecule has 0 spiro atoms. The van der Waals surface area contributed by atoms with E-state index in [0.29, 0.717) is 12.2 Å². The highest BCUT2D eigenvalue weighted by Crippen LogP contribution is 2.24. The van der Waals surface area contributed by atoms with E-state index in [-0.39, 0.29) is 17.7 Å². The fraction of sp³-hybridized carbons (Fsp3) is 0.179. The van der Waals surface area contributed by atoms with Gasteiger partial charge in [-0.3, -0.25) is 19.1 Å². The van der Waals surface area contributed by atoms with Crippen molar-refractivity contribution in [3.8, 4) is 0 Å². The number of carbonyl (C=O) groups excluding carboxylic acids is 1. The molecule has 3 heterocycles. The average Bonchev–Trinajstić information content (AvgIpc) is 3.38. The molecule has 186 valence electrons. The van der Waals surface area contributed by atoms with Crippen LogP contribution < -0.4 is 11.2 Å². The Morgan fingerprint density at radius 3 is 2.27 bits per heavy atom. The Kier molecular flexibility index (Phi) is 6.76. The summed E-state index contributed by atoms with van der Waals surface area (Å²) in [6, 6.07) is 23.9. The van der Waals surface area contributed by atoms with Gasteiger partial charge >= 0.3 is 11.7 Å². The van der Waals surface area contributed by atoms with Gasteiger partial charge in [0, 0.05) is 12.7 Å². The van der Waals surface area contributed by atoms with Gasteiger partial charge in [-0.1, -0.05) is 66.7 Å². The van der Waals surface area contributed by atoms with Crippen LogP contribution in [0.2, 0.25) is 0 Å². The van der Waals surface area contributed by atoms with Crippen molar-refractivity contribution in [2.45, 2.75) is 32.7 Å². The molecule has 0 aliphatic rings. The Morgan fingerprint density at radius 2 is 1.59 bits per heavy atom. The lowest BCUT2D eigenvalue weighted by Gasteiger charge is -2.18. The zero-order valence-electron chi connectivity index (χ0n) is 20.2. The van der Waals surface area contributed by atoms with Crippen molar-refractivity contribution in [2.24, 2.45) is 0 Å². The van der Waals surface area contributed by atoms with E-state index < -0.39 is 29.9 Å². The lowest BCUT2D eigenvalue weighted by Crippen LogP contribution is -2.42. The van der Waals surface area contributed by atoms with Crippen LogP contribution in [0.25, 0.3) is 11.2 Å². The fourth-order valence-electron chi connectivity index (χ4n) is 4.28. The number of ether oxygens (including phenoxy) is 1. The van der Waals surface area contributed by atoms with E-state index in [4.69, 9.17) is 4.74 Å². The number of fused-ring (bicyclic) bond motifs is 1. The van der Waals surface area contributed by atoms with Crippen LogP contribution in [0.3, 0.4) is 0 Å². The molecule has 0 unspecified atom stereocenters. The summed E-state index contributed by atoms with van der Waals surface area (Å²) in [5.74, 6) is -0.730. The second-order valence-electron chi connectivity index (χ2n) is 8.48. The molecule has 3 aromatic heterocycles. The fourth-order valence-corrected chi connectivity index (χ4v) is 4.28. The molecule has 1 atom stereocenters. The molecule has 0 N–H and O–H groups in total. The molecule has 0 saturated heterocycles. The number of hydrogen-bond donors (Lipinski definition) is 0. The predicted molar refractivity (Wildman–Crippen MR) is 138 cm³/mol. The molecule has 9 heteroatoms. The number of aryl methyl sites for hydroxylation is 1. The number of carbonyl (C=O) groups is 1. The van der Waals surface area contributed by atoms with Crippen LogP contribution in [-0.2, 0) is 29.2 Å². The van der Waals surface area contributed by atoms with Crippen LogP contribution in [-0.4, -0.2) is 29.6 Å². The van der Waals surface area contributed by atoms with Crippen LogP contribution in [0.1, 0.15) is 29.8 Å². The summed E-state index contributed by atoms with van der Waals surface area (Å²) in [6.45, 7) is 2.01. The van der Waals surface area contributed by atoms with Gasteiger partial charge in [-0.05, 0) is 30.2 Å². The smallest absolute Gasteiger partial charge is 0.333 e. The monoisotopic (exact) mass is 495 g/mol. The highest BCUT2D eigenvalue weighted by atomic mass is 16.5. The van der Waals surface area contributed by atoms with Crippen molar-refractivity contribution in [3.63, 3.8) is 0 Å². The van der Waals surface area contributed by atoms with Crippen LogP contribution >= 0.6 is 0 Å². The first-order chi connectivity index (χ1) is 18.1. The minimum absolute atomic E-state index is 0.201. The van der Waals surface area contributed by atoms with E-state index in [1.54, 1.807) is 29.0 Å². The number of imidazole rings is 1. The SMILES string of the molecule is CCn1cnc2c1c(=O)n(CC(=O)O[C@@H](c1ccccc1)c1ccccn1)c(=O)n2Cc1ccccc1. The lowest BCUT2D eigenvalue weighted by molar-refractivity contribution is -0.148. The summed E-state index contributed by atoms with van der Waals surface area (Å²) in [5.41, 5.74) is 1.45. The maximum absolute atomic E-state index is 13.5. The topological polar surface area (TPSA) is 101 Å².